The Kier molecular flexibility index (Phi) is 4.56. The Bertz CT molecular complexity index is 752. The molecule has 3 rings (SSSR count). The van der Waals surface area contributed by atoms with Crippen molar-refractivity contribution in [1.82, 2.24) is 0 Å². The Hall–Kier alpha value is -2.11. The zero-order valence-electron chi connectivity index (χ0n) is 12.9. The van der Waals surface area contributed by atoms with Crippen molar-refractivity contribution < 1.29 is 4.74 Å². The SMILES string of the molecule is COc1ccccc1P(c1ccccc1)c1ccccc1C. The van der Waals surface area contributed by atoms with Crippen LogP contribution in [0.25, 0.3) is 0 Å². The van der Waals surface area contributed by atoms with Gasteiger partial charge in [-0.1, -0.05) is 72.8 Å². The summed E-state index contributed by atoms with van der Waals surface area (Å²) in [5.41, 5.74) is 1.32. The van der Waals surface area contributed by atoms with Crippen molar-refractivity contribution in [3.63, 3.8) is 0 Å². The number of hydrogen-bond donors (Lipinski definition) is 0. The topological polar surface area (TPSA) is 9.23 Å². The van der Waals surface area contributed by atoms with Crippen LogP contribution in [-0.4, -0.2) is 7.11 Å². The number of rotatable bonds is 4. The number of benzene rings is 3. The zero-order chi connectivity index (χ0) is 15.4. The van der Waals surface area contributed by atoms with Gasteiger partial charge in [0, 0.05) is 5.30 Å². The van der Waals surface area contributed by atoms with Gasteiger partial charge in [0.1, 0.15) is 5.75 Å². The molecule has 0 N–H and O–H groups in total. The molecule has 0 aromatic heterocycles. The second kappa shape index (κ2) is 6.77. The fraction of sp³-hybridized carbons (Fsp3) is 0.100. The van der Waals surface area contributed by atoms with E-state index in [2.05, 4.69) is 73.7 Å². The summed E-state index contributed by atoms with van der Waals surface area (Å²) in [7, 11) is 1.13. The van der Waals surface area contributed by atoms with Gasteiger partial charge in [-0.2, -0.15) is 0 Å². The van der Waals surface area contributed by atoms with E-state index in [-0.39, 0.29) is 0 Å². The Morgan fingerprint density at radius 1 is 0.682 bits per heavy atom. The maximum absolute atomic E-state index is 5.63. The van der Waals surface area contributed by atoms with Crippen LogP contribution in [0.5, 0.6) is 5.75 Å². The lowest BCUT2D eigenvalue weighted by Crippen LogP contribution is -2.23. The number of ether oxygens (including phenoxy) is 1. The number of methoxy groups -OCH3 is 1. The van der Waals surface area contributed by atoms with Crippen molar-refractivity contribution in [2.75, 3.05) is 7.11 Å². The Balaban J connectivity index is 2.22. The summed E-state index contributed by atoms with van der Waals surface area (Å²) in [6.07, 6.45) is 0. The molecule has 3 aromatic carbocycles. The van der Waals surface area contributed by atoms with E-state index in [4.69, 9.17) is 4.74 Å². The smallest absolute Gasteiger partial charge is 0.127 e. The monoisotopic (exact) mass is 306 g/mol. The summed E-state index contributed by atoms with van der Waals surface area (Å²) in [5, 5.41) is 3.99. The first-order valence-electron chi connectivity index (χ1n) is 7.35. The molecule has 1 atom stereocenters. The second-order valence-electron chi connectivity index (χ2n) is 5.13. The molecular formula is C20H19OP. The molecule has 0 amide bonds. The third-order valence-corrected chi connectivity index (χ3v) is 6.35. The molecule has 1 nitrogen and oxygen atoms in total. The average Bonchev–Trinajstić information content (AvgIpc) is 2.58. The van der Waals surface area contributed by atoms with E-state index >= 15 is 0 Å². The van der Waals surface area contributed by atoms with Crippen LogP contribution < -0.4 is 20.7 Å². The number of para-hydroxylation sites is 1. The second-order valence-corrected chi connectivity index (χ2v) is 7.28. The molecule has 2 heteroatoms. The third kappa shape index (κ3) is 2.91. The zero-order valence-corrected chi connectivity index (χ0v) is 13.8. The van der Waals surface area contributed by atoms with Gasteiger partial charge in [0.15, 0.2) is 0 Å². The predicted octanol–water partition coefficient (Wildman–Crippen LogP) is 3.76. The highest BCUT2D eigenvalue weighted by atomic mass is 31.1. The highest BCUT2D eigenvalue weighted by Crippen LogP contribution is 2.37. The molecule has 0 bridgehead atoms. The van der Waals surface area contributed by atoms with Gasteiger partial charge in [-0.15, -0.1) is 0 Å². The minimum Gasteiger partial charge on any atom is -0.496 e. The van der Waals surface area contributed by atoms with Crippen molar-refractivity contribution in [2.45, 2.75) is 6.92 Å². The van der Waals surface area contributed by atoms with Gasteiger partial charge in [-0.3, -0.25) is 0 Å². The molecule has 0 aliphatic rings. The van der Waals surface area contributed by atoms with E-state index in [1.54, 1.807) is 7.11 Å². The number of aryl methyl sites for hydroxylation is 1. The molecule has 0 fully saturated rings. The van der Waals surface area contributed by atoms with E-state index < -0.39 is 7.92 Å². The summed E-state index contributed by atoms with van der Waals surface area (Å²) >= 11 is 0. The Morgan fingerprint density at radius 3 is 1.95 bits per heavy atom. The molecule has 0 spiro atoms. The van der Waals surface area contributed by atoms with Crippen molar-refractivity contribution in [3.05, 3.63) is 84.4 Å². The highest BCUT2D eigenvalue weighted by molar-refractivity contribution is 7.80. The van der Waals surface area contributed by atoms with E-state index in [9.17, 15) is 0 Å². The molecule has 0 aliphatic carbocycles. The first-order valence-corrected chi connectivity index (χ1v) is 8.69. The predicted molar refractivity (Wildman–Crippen MR) is 96.4 cm³/mol. The maximum Gasteiger partial charge on any atom is 0.127 e. The minimum absolute atomic E-state index is 0.618. The van der Waals surface area contributed by atoms with Crippen LogP contribution in [0.3, 0.4) is 0 Å². The molecule has 0 saturated carbocycles. The molecule has 0 saturated heterocycles. The average molecular weight is 306 g/mol. The maximum atomic E-state index is 5.63. The van der Waals surface area contributed by atoms with Gasteiger partial charge in [0.2, 0.25) is 0 Å². The lowest BCUT2D eigenvalue weighted by molar-refractivity contribution is 0.418. The summed E-state index contributed by atoms with van der Waals surface area (Å²) in [4.78, 5) is 0. The van der Waals surface area contributed by atoms with Gasteiger partial charge in [-0.25, -0.2) is 0 Å². The molecular weight excluding hydrogens is 287 g/mol. The fourth-order valence-electron chi connectivity index (χ4n) is 2.61. The summed E-state index contributed by atoms with van der Waals surface area (Å²) in [6, 6.07) is 27.7. The van der Waals surface area contributed by atoms with Crippen LogP contribution in [0.15, 0.2) is 78.9 Å². The number of hydrogen-bond acceptors (Lipinski definition) is 1. The van der Waals surface area contributed by atoms with Crippen LogP contribution in [0, 0.1) is 6.92 Å². The van der Waals surface area contributed by atoms with Crippen LogP contribution in [0.2, 0.25) is 0 Å². The molecule has 0 radical (unpaired) electrons. The normalized spacial score (nSPS) is 11.9. The standard InChI is InChI=1S/C20H19OP/c1-16-10-6-8-14-19(16)22(17-11-4-3-5-12-17)20-15-9-7-13-18(20)21-2/h3-15H,1-2H3. The minimum atomic E-state index is -0.618. The lowest BCUT2D eigenvalue weighted by atomic mass is 10.2. The molecule has 3 aromatic rings. The largest absolute Gasteiger partial charge is 0.496 e. The molecule has 0 aliphatic heterocycles. The van der Waals surface area contributed by atoms with Crippen molar-refractivity contribution >= 4 is 23.8 Å². The van der Waals surface area contributed by atoms with Crippen molar-refractivity contribution in [3.8, 4) is 5.75 Å². The van der Waals surface area contributed by atoms with E-state index in [1.165, 1.54) is 21.5 Å². The van der Waals surface area contributed by atoms with Gasteiger partial charge in [0.25, 0.3) is 0 Å². The Morgan fingerprint density at radius 2 is 1.27 bits per heavy atom. The Labute approximate surface area is 133 Å². The van der Waals surface area contributed by atoms with Crippen molar-refractivity contribution in [2.24, 2.45) is 0 Å². The quantitative estimate of drug-likeness (QED) is 0.667. The van der Waals surface area contributed by atoms with Gasteiger partial charge >= 0.3 is 0 Å². The van der Waals surface area contributed by atoms with E-state index in [1.807, 2.05) is 12.1 Å². The highest BCUT2D eigenvalue weighted by Gasteiger charge is 2.20. The van der Waals surface area contributed by atoms with E-state index in [0.29, 0.717) is 0 Å². The summed E-state index contributed by atoms with van der Waals surface area (Å²) in [5.74, 6) is 0.959. The van der Waals surface area contributed by atoms with Crippen molar-refractivity contribution in [1.29, 1.82) is 0 Å². The molecule has 110 valence electrons. The first-order chi connectivity index (χ1) is 10.8. The van der Waals surface area contributed by atoms with Gasteiger partial charge in [-0.05, 0) is 37.1 Å². The van der Waals surface area contributed by atoms with Crippen LogP contribution in [-0.2, 0) is 0 Å². The fourth-order valence-corrected chi connectivity index (χ4v) is 5.18. The molecule has 22 heavy (non-hydrogen) atoms. The molecule has 0 heterocycles. The summed E-state index contributed by atoms with van der Waals surface area (Å²) < 4.78 is 5.63. The molecule has 1 unspecified atom stereocenters. The van der Waals surface area contributed by atoms with Crippen LogP contribution in [0.1, 0.15) is 5.56 Å². The van der Waals surface area contributed by atoms with Gasteiger partial charge in [0.05, 0.1) is 7.11 Å². The summed E-state index contributed by atoms with van der Waals surface area (Å²) in [6.45, 7) is 2.18. The van der Waals surface area contributed by atoms with Gasteiger partial charge < -0.3 is 4.74 Å². The third-order valence-electron chi connectivity index (χ3n) is 3.70. The van der Waals surface area contributed by atoms with Crippen LogP contribution in [0.4, 0.5) is 0 Å². The van der Waals surface area contributed by atoms with Crippen LogP contribution >= 0.6 is 7.92 Å². The van der Waals surface area contributed by atoms with E-state index in [0.717, 1.165) is 5.75 Å². The lowest BCUT2D eigenvalue weighted by Gasteiger charge is -2.23. The first kappa shape index (κ1) is 14.8.